The highest BCUT2D eigenvalue weighted by Gasteiger charge is 2.42. The molecule has 1 fully saturated rings. The summed E-state index contributed by atoms with van der Waals surface area (Å²) in [5.41, 5.74) is 0.314. The van der Waals surface area contributed by atoms with Crippen LogP contribution >= 0.6 is 11.6 Å². The van der Waals surface area contributed by atoms with Gasteiger partial charge in [0, 0.05) is 0 Å². The fourth-order valence-electron chi connectivity index (χ4n) is 2.44. The Labute approximate surface area is 118 Å². The van der Waals surface area contributed by atoms with Crippen LogP contribution in [0.25, 0.3) is 0 Å². The Kier molecular flexibility index (Phi) is 3.40. The lowest BCUT2D eigenvalue weighted by molar-refractivity contribution is 0.326. The van der Waals surface area contributed by atoms with Crippen molar-refractivity contribution in [2.24, 2.45) is 0 Å². The topological polar surface area (TPSA) is 75.8 Å². The molecule has 0 aromatic carbocycles. The van der Waals surface area contributed by atoms with Gasteiger partial charge in [-0.1, -0.05) is 25.4 Å². The van der Waals surface area contributed by atoms with Gasteiger partial charge in [-0.2, -0.15) is 10.4 Å². The highest BCUT2D eigenvalue weighted by molar-refractivity contribution is 7.91. The molecule has 7 heteroatoms. The molecule has 1 unspecified atom stereocenters. The molecule has 1 aromatic heterocycles. The quantitative estimate of drug-likeness (QED) is 0.838. The summed E-state index contributed by atoms with van der Waals surface area (Å²) < 4.78 is 24.9. The van der Waals surface area contributed by atoms with E-state index in [4.69, 9.17) is 11.6 Å². The summed E-state index contributed by atoms with van der Waals surface area (Å²) in [7, 11) is -3.05. The number of aromatic nitrogens is 2. The van der Waals surface area contributed by atoms with Gasteiger partial charge in [-0.3, -0.25) is 0 Å². The Balaban J connectivity index is 2.56. The second kappa shape index (κ2) is 4.50. The third-order valence-electron chi connectivity index (χ3n) is 3.51. The number of nitriles is 1. The van der Waals surface area contributed by atoms with E-state index in [0.29, 0.717) is 17.7 Å². The van der Waals surface area contributed by atoms with Gasteiger partial charge in [0.15, 0.2) is 9.84 Å². The van der Waals surface area contributed by atoms with Gasteiger partial charge in [-0.05, 0) is 19.3 Å². The molecule has 104 valence electrons. The van der Waals surface area contributed by atoms with E-state index in [9.17, 15) is 13.7 Å². The molecular formula is C12H16ClN3O2S. The molecule has 0 radical (unpaired) electrons. The van der Waals surface area contributed by atoms with Gasteiger partial charge in [0.1, 0.15) is 16.8 Å². The van der Waals surface area contributed by atoms with Gasteiger partial charge in [0.25, 0.3) is 0 Å². The molecule has 0 aliphatic carbocycles. The van der Waals surface area contributed by atoms with Crippen LogP contribution in [0.2, 0.25) is 5.15 Å². The van der Waals surface area contributed by atoms with Crippen molar-refractivity contribution in [3.8, 4) is 6.07 Å². The fourth-order valence-corrected chi connectivity index (χ4v) is 4.93. The molecule has 19 heavy (non-hydrogen) atoms. The minimum atomic E-state index is -3.05. The summed E-state index contributed by atoms with van der Waals surface area (Å²) in [6.07, 6.45) is 0.471. The van der Waals surface area contributed by atoms with Gasteiger partial charge >= 0.3 is 0 Å². The molecule has 2 rings (SSSR count). The predicted molar refractivity (Wildman–Crippen MR) is 73.0 cm³/mol. The van der Waals surface area contributed by atoms with Crippen LogP contribution in [-0.2, 0) is 15.4 Å². The summed E-state index contributed by atoms with van der Waals surface area (Å²) in [6, 6.07) is 2.06. The van der Waals surface area contributed by atoms with Crippen LogP contribution in [0.15, 0.2) is 0 Å². The number of nitrogens with zero attached hydrogens (tertiary/aromatic N) is 3. The highest BCUT2D eigenvalue weighted by Crippen LogP contribution is 2.36. The van der Waals surface area contributed by atoms with Crippen molar-refractivity contribution in [2.45, 2.75) is 38.6 Å². The van der Waals surface area contributed by atoms with Crippen LogP contribution in [0.5, 0.6) is 0 Å². The van der Waals surface area contributed by atoms with E-state index in [2.05, 4.69) is 11.2 Å². The molecule has 0 bridgehead atoms. The largest absolute Gasteiger partial charge is 0.245 e. The van der Waals surface area contributed by atoms with E-state index >= 15 is 0 Å². The minimum absolute atomic E-state index is 0.0177. The molecule has 0 spiro atoms. The zero-order valence-electron chi connectivity index (χ0n) is 11.1. The van der Waals surface area contributed by atoms with E-state index in [1.807, 2.05) is 20.8 Å². The lowest BCUT2D eigenvalue weighted by Gasteiger charge is -2.23. The standard InChI is InChI=1S/C12H16ClN3O2S/c1-8(2)10-9(6-14)11(13)16(15-10)12(3)4-5-19(17,18)7-12/h8H,4-5,7H2,1-3H3. The van der Waals surface area contributed by atoms with Gasteiger partial charge in [-0.15, -0.1) is 0 Å². The SMILES string of the molecule is CC(C)c1nn(C2(C)CCS(=O)(=O)C2)c(Cl)c1C#N. The van der Waals surface area contributed by atoms with Crippen LogP contribution in [0.3, 0.4) is 0 Å². The summed E-state index contributed by atoms with van der Waals surface area (Å²) in [6.45, 7) is 5.68. The smallest absolute Gasteiger partial charge is 0.152 e. The minimum Gasteiger partial charge on any atom is -0.245 e. The van der Waals surface area contributed by atoms with Crippen molar-refractivity contribution in [1.29, 1.82) is 5.26 Å². The first kappa shape index (κ1) is 14.4. The maximum absolute atomic E-state index is 11.7. The van der Waals surface area contributed by atoms with Crippen molar-refractivity contribution in [3.63, 3.8) is 0 Å². The summed E-state index contributed by atoms with van der Waals surface area (Å²) in [5.74, 6) is 0.220. The first-order valence-electron chi connectivity index (χ1n) is 6.09. The Hall–Kier alpha value is -1.06. The van der Waals surface area contributed by atoms with Crippen molar-refractivity contribution >= 4 is 21.4 Å². The second-order valence-electron chi connectivity index (χ2n) is 5.57. The number of hydrogen-bond acceptors (Lipinski definition) is 4. The Morgan fingerprint density at radius 1 is 1.53 bits per heavy atom. The molecule has 0 saturated carbocycles. The molecule has 5 nitrogen and oxygen atoms in total. The number of sulfone groups is 1. The molecular weight excluding hydrogens is 286 g/mol. The molecule has 1 aromatic rings. The van der Waals surface area contributed by atoms with Gasteiger partial charge in [0.05, 0.1) is 22.7 Å². The Bertz CT molecular complexity index is 657. The monoisotopic (exact) mass is 301 g/mol. The summed E-state index contributed by atoms with van der Waals surface area (Å²) >= 11 is 6.22. The normalized spacial score (nSPS) is 25.7. The van der Waals surface area contributed by atoms with E-state index in [1.165, 1.54) is 4.68 Å². The summed E-state index contributed by atoms with van der Waals surface area (Å²) in [5, 5.41) is 13.8. The first-order valence-corrected chi connectivity index (χ1v) is 8.29. The number of rotatable bonds is 2. The first-order chi connectivity index (χ1) is 8.70. The maximum atomic E-state index is 11.7. The van der Waals surface area contributed by atoms with Crippen molar-refractivity contribution < 1.29 is 8.42 Å². The number of halogens is 1. The van der Waals surface area contributed by atoms with E-state index in [1.54, 1.807) is 0 Å². The van der Waals surface area contributed by atoms with E-state index in [0.717, 1.165) is 0 Å². The van der Waals surface area contributed by atoms with E-state index < -0.39 is 15.4 Å². The average molecular weight is 302 g/mol. The van der Waals surface area contributed by atoms with Crippen LogP contribution in [0.1, 0.15) is 44.4 Å². The molecule has 1 saturated heterocycles. The van der Waals surface area contributed by atoms with Gasteiger partial charge < -0.3 is 0 Å². The molecule has 1 aliphatic heterocycles. The zero-order valence-corrected chi connectivity index (χ0v) is 12.7. The fraction of sp³-hybridized carbons (Fsp3) is 0.667. The predicted octanol–water partition coefficient (Wildman–Crippen LogP) is 2.07. The van der Waals surface area contributed by atoms with Crippen molar-refractivity contribution in [2.75, 3.05) is 11.5 Å². The molecule has 2 heterocycles. The Morgan fingerprint density at radius 2 is 2.16 bits per heavy atom. The zero-order chi connectivity index (χ0) is 14.4. The lowest BCUT2D eigenvalue weighted by atomic mass is 10.0. The van der Waals surface area contributed by atoms with Crippen LogP contribution in [0, 0.1) is 11.3 Å². The Morgan fingerprint density at radius 3 is 2.53 bits per heavy atom. The molecule has 0 N–H and O–H groups in total. The van der Waals surface area contributed by atoms with Crippen molar-refractivity contribution in [1.82, 2.24) is 9.78 Å². The lowest BCUT2D eigenvalue weighted by Crippen LogP contribution is -2.32. The third kappa shape index (κ3) is 2.37. The van der Waals surface area contributed by atoms with Gasteiger partial charge in [-0.25, -0.2) is 13.1 Å². The molecule has 1 aliphatic rings. The van der Waals surface area contributed by atoms with Crippen LogP contribution < -0.4 is 0 Å². The highest BCUT2D eigenvalue weighted by atomic mass is 35.5. The van der Waals surface area contributed by atoms with Crippen LogP contribution in [-0.4, -0.2) is 29.7 Å². The van der Waals surface area contributed by atoms with Crippen molar-refractivity contribution in [3.05, 3.63) is 16.4 Å². The molecule has 0 amide bonds. The maximum Gasteiger partial charge on any atom is 0.152 e. The average Bonchev–Trinajstić information content (AvgIpc) is 2.77. The number of hydrogen-bond donors (Lipinski definition) is 0. The van der Waals surface area contributed by atoms with E-state index in [-0.39, 0.29) is 22.6 Å². The van der Waals surface area contributed by atoms with Gasteiger partial charge in [0.2, 0.25) is 0 Å². The second-order valence-corrected chi connectivity index (χ2v) is 8.11. The summed E-state index contributed by atoms with van der Waals surface area (Å²) in [4.78, 5) is 0. The van der Waals surface area contributed by atoms with Crippen LogP contribution in [0.4, 0.5) is 0 Å². The molecule has 1 atom stereocenters. The third-order valence-corrected chi connectivity index (χ3v) is 5.75.